The molecule has 0 aliphatic heterocycles. The Hall–Kier alpha value is -0.860. The van der Waals surface area contributed by atoms with Crippen molar-refractivity contribution in [3.05, 3.63) is 39.4 Å². The first-order valence-corrected chi connectivity index (χ1v) is 8.89. The lowest BCUT2D eigenvalue weighted by atomic mass is 10.4. The minimum absolute atomic E-state index is 0.0658. The van der Waals surface area contributed by atoms with Crippen LogP contribution in [0.15, 0.2) is 44.3 Å². The zero-order valence-electron chi connectivity index (χ0n) is 10.8. The van der Waals surface area contributed by atoms with E-state index < -0.39 is 10.0 Å². The lowest BCUT2D eigenvalue weighted by Crippen LogP contribution is -2.17. The fraction of sp³-hybridized carbons (Fsp3) is 0.250. The van der Waals surface area contributed by atoms with E-state index in [2.05, 4.69) is 41.7 Å². The summed E-state index contributed by atoms with van der Waals surface area (Å²) in [5, 5.41) is 4.10. The van der Waals surface area contributed by atoms with Gasteiger partial charge in [0.25, 0.3) is 10.0 Å². The number of hydrogen-bond acceptors (Lipinski definition) is 3. The molecule has 0 saturated heterocycles. The first kappa shape index (κ1) is 15.5. The zero-order chi connectivity index (χ0) is 14.9. The van der Waals surface area contributed by atoms with Gasteiger partial charge >= 0.3 is 0 Å². The number of nitrogens with one attached hydrogen (secondary N) is 1. The van der Waals surface area contributed by atoms with Gasteiger partial charge in [0.15, 0.2) is 0 Å². The third-order valence-corrected chi connectivity index (χ3v) is 5.41. The maximum absolute atomic E-state index is 12.4. The molecule has 1 heterocycles. The Balaban J connectivity index is 2.38. The number of anilines is 1. The van der Waals surface area contributed by atoms with Crippen LogP contribution in [0.3, 0.4) is 0 Å². The third-order valence-electron chi connectivity index (χ3n) is 2.58. The quantitative estimate of drug-likeness (QED) is 0.814. The smallest absolute Gasteiger partial charge is 0.264 e. The van der Waals surface area contributed by atoms with Crippen LogP contribution in [0, 0.1) is 0 Å². The normalized spacial score (nSPS) is 11.8. The molecule has 1 aromatic carbocycles. The number of aromatic nitrogens is 2. The third kappa shape index (κ3) is 3.24. The minimum atomic E-state index is -3.67. The van der Waals surface area contributed by atoms with Crippen molar-refractivity contribution in [3.63, 3.8) is 0 Å². The molecule has 0 radical (unpaired) electrons. The maximum atomic E-state index is 12.4. The monoisotopic (exact) mass is 421 g/mol. The van der Waals surface area contributed by atoms with Gasteiger partial charge in [-0.05, 0) is 48.0 Å². The summed E-state index contributed by atoms with van der Waals surface area (Å²) in [5.41, 5.74) is 0. The second kappa shape index (κ2) is 5.87. The highest BCUT2D eigenvalue weighted by molar-refractivity contribution is 9.11. The predicted molar refractivity (Wildman–Crippen MR) is 85.3 cm³/mol. The molecule has 0 saturated carbocycles. The van der Waals surface area contributed by atoms with Gasteiger partial charge in [0, 0.05) is 21.1 Å². The molecule has 0 aliphatic carbocycles. The predicted octanol–water partition coefficient (Wildman–Crippen LogP) is 3.79. The van der Waals surface area contributed by atoms with E-state index in [4.69, 9.17) is 0 Å². The van der Waals surface area contributed by atoms with E-state index >= 15 is 0 Å². The molecule has 2 aromatic rings. The van der Waals surface area contributed by atoms with Crippen molar-refractivity contribution in [3.8, 4) is 0 Å². The first-order chi connectivity index (χ1) is 9.31. The molecule has 0 unspecified atom stereocenters. The van der Waals surface area contributed by atoms with E-state index in [1.807, 2.05) is 13.8 Å². The molecule has 0 fully saturated rings. The topological polar surface area (TPSA) is 64.0 Å². The summed E-state index contributed by atoms with van der Waals surface area (Å²) < 4.78 is 30.3. The molecule has 1 N–H and O–H groups in total. The molecular formula is C12H13Br2N3O2S. The molecule has 8 heteroatoms. The summed E-state index contributed by atoms with van der Waals surface area (Å²) in [6.45, 7) is 3.86. The number of benzene rings is 1. The van der Waals surface area contributed by atoms with Gasteiger partial charge in [-0.3, -0.25) is 4.72 Å². The summed E-state index contributed by atoms with van der Waals surface area (Å²) in [6, 6.07) is 6.60. The molecule has 0 amide bonds. The van der Waals surface area contributed by atoms with Gasteiger partial charge in [-0.1, -0.05) is 15.9 Å². The Morgan fingerprint density at radius 3 is 2.55 bits per heavy atom. The van der Waals surface area contributed by atoms with E-state index in [9.17, 15) is 8.42 Å². The highest BCUT2D eigenvalue weighted by Crippen LogP contribution is 2.27. The van der Waals surface area contributed by atoms with Gasteiger partial charge in [0.1, 0.15) is 10.7 Å². The van der Waals surface area contributed by atoms with Crippen LogP contribution in [0.1, 0.15) is 19.9 Å². The summed E-state index contributed by atoms with van der Waals surface area (Å²) in [6.07, 6.45) is 1.56. The number of hydrogen-bond donors (Lipinski definition) is 1. The molecule has 1 aromatic heterocycles. The largest absolute Gasteiger partial charge is 0.264 e. The fourth-order valence-corrected chi connectivity index (χ4v) is 4.49. The van der Waals surface area contributed by atoms with E-state index in [0.717, 1.165) is 4.47 Å². The Kier molecular flexibility index (Phi) is 4.55. The van der Waals surface area contributed by atoms with Crippen molar-refractivity contribution in [2.24, 2.45) is 0 Å². The van der Waals surface area contributed by atoms with E-state index in [0.29, 0.717) is 10.3 Å². The van der Waals surface area contributed by atoms with Crippen molar-refractivity contribution < 1.29 is 8.42 Å². The second-order valence-electron chi connectivity index (χ2n) is 4.44. The average Bonchev–Trinajstić information content (AvgIpc) is 2.75. The Morgan fingerprint density at radius 1 is 1.25 bits per heavy atom. The molecule has 0 aliphatic rings. The molecular weight excluding hydrogens is 410 g/mol. The van der Waals surface area contributed by atoms with Gasteiger partial charge < -0.3 is 0 Å². The standard InChI is InChI=1S/C12H13Br2N3O2S/c1-8(2)17-12(5-6-15-17)16-20(18,19)11-4-3-9(13)7-10(11)14/h3-8,16H,1-2H3. The molecule has 2 rings (SSSR count). The molecule has 108 valence electrons. The van der Waals surface area contributed by atoms with Gasteiger partial charge in [-0.2, -0.15) is 5.10 Å². The highest BCUT2D eigenvalue weighted by atomic mass is 79.9. The number of sulfonamides is 1. The Morgan fingerprint density at radius 2 is 1.95 bits per heavy atom. The summed E-state index contributed by atoms with van der Waals surface area (Å²) >= 11 is 6.56. The zero-order valence-corrected chi connectivity index (χ0v) is 14.8. The highest BCUT2D eigenvalue weighted by Gasteiger charge is 2.20. The van der Waals surface area contributed by atoms with Crippen LogP contribution in [-0.4, -0.2) is 18.2 Å². The van der Waals surface area contributed by atoms with Crippen LogP contribution in [0.4, 0.5) is 5.82 Å². The number of halogens is 2. The van der Waals surface area contributed by atoms with Gasteiger partial charge in [-0.25, -0.2) is 13.1 Å². The van der Waals surface area contributed by atoms with E-state index in [1.54, 1.807) is 29.1 Å². The number of rotatable bonds is 4. The number of nitrogens with zero attached hydrogens (tertiary/aromatic N) is 2. The van der Waals surface area contributed by atoms with E-state index in [-0.39, 0.29) is 10.9 Å². The van der Waals surface area contributed by atoms with Crippen LogP contribution < -0.4 is 4.72 Å². The van der Waals surface area contributed by atoms with Crippen LogP contribution in [0.2, 0.25) is 0 Å². The van der Waals surface area contributed by atoms with Gasteiger partial charge in [0.2, 0.25) is 0 Å². The van der Waals surface area contributed by atoms with E-state index in [1.165, 1.54) is 6.07 Å². The van der Waals surface area contributed by atoms with Gasteiger partial charge in [-0.15, -0.1) is 0 Å². The molecule has 0 bridgehead atoms. The van der Waals surface area contributed by atoms with Crippen molar-refractivity contribution in [2.75, 3.05) is 4.72 Å². The molecule has 20 heavy (non-hydrogen) atoms. The summed E-state index contributed by atoms with van der Waals surface area (Å²) in [4.78, 5) is 0.178. The first-order valence-electron chi connectivity index (χ1n) is 5.82. The SMILES string of the molecule is CC(C)n1nccc1NS(=O)(=O)c1ccc(Br)cc1Br. The van der Waals surface area contributed by atoms with Crippen LogP contribution in [-0.2, 0) is 10.0 Å². The van der Waals surface area contributed by atoms with Gasteiger partial charge in [0.05, 0.1) is 6.20 Å². The second-order valence-corrected chi connectivity index (χ2v) is 7.86. The van der Waals surface area contributed by atoms with Crippen molar-refractivity contribution in [2.45, 2.75) is 24.8 Å². The van der Waals surface area contributed by atoms with Crippen LogP contribution in [0.25, 0.3) is 0 Å². The molecule has 0 atom stereocenters. The van der Waals surface area contributed by atoms with Crippen molar-refractivity contribution in [1.82, 2.24) is 9.78 Å². The minimum Gasteiger partial charge on any atom is -0.264 e. The lowest BCUT2D eigenvalue weighted by Gasteiger charge is -2.13. The van der Waals surface area contributed by atoms with Crippen molar-refractivity contribution >= 4 is 47.7 Å². The Bertz CT molecular complexity index is 726. The van der Waals surface area contributed by atoms with Crippen LogP contribution in [0.5, 0.6) is 0 Å². The van der Waals surface area contributed by atoms with Crippen LogP contribution >= 0.6 is 31.9 Å². The molecule has 0 spiro atoms. The molecule has 5 nitrogen and oxygen atoms in total. The Labute approximate surface area is 134 Å². The van der Waals surface area contributed by atoms with Crippen molar-refractivity contribution in [1.29, 1.82) is 0 Å². The summed E-state index contributed by atoms with van der Waals surface area (Å²) in [5.74, 6) is 0.440. The lowest BCUT2D eigenvalue weighted by molar-refractivity contribution is 0.539. The fourth-order valence-electron chi connectivity index (χ4n) is 1.69. The average molecular weight is 423 g/mol. The maximum Gasteiger partial charge on any atom is 0.264 e. The summed E-state index contributed by atoms with van der Waals surface area (Å²) in [7, 11) is -3.67.